The van der Waals surface area contributed by atoms with Crippen LogP contribution in [0, 0.1) is 0 Å². The number of nitrogens with one attached hydrogen (secondary N) is 1. The van der Waals surface area contributed by atoms with E-state index in [1.54, 1.807) is 0 Å². The summed E-state index contributed by atoms with van der Waals surface area (Å²) in [6.07, 6.45) is 8.24. The van der Waals surface area contributed by atoms with E-state index in [1.807, 2.05) is 10.9 Å². The third-order valence-electron chi connectivity index (χ3n) is 3.32. The van der Waals surface area contributed by atoms with E-state index in [0.29, 0.717) is 6.54 Å². The Labute approximate surface area is 110 Å². The second-order valence-electron chi connectivity index (χ2n) is 4.67. The zero-order chi connectivity index (χ0) is 13.1. The highest BCUT2D eigenvalue weighted by atomic mass is 16.2. The average Bonchev–Trinajstić information content (AvgIpc) is 3.05. The summed E-state index contributed by atoms with van der Waals surface area (Å²) in [5.41, 5.74) is 2.37. The molecule has 1 N–H and O–H groups in total. The van der Waals surface area contributed by atoms with Crippen molar-refractivity contribution in [1.82, 2.24) is 29.9 Å². The van der Waals surface area contributed by atoms with Crippen LogP contribution in [0.25, 0.3) is 0 Å². The van der Waals surface area contributed by atoms with Gasteiger partial charge in [0, 0.05) is 24.3 Å². The molecule has 0 radical (unpaired) electrons. The van der Waals surface area contributed by atoms with E-state index in [4.69, 9.17) is 0 Å². The zero-order valence-electron chi connectivity index (χ0n) is 10.6. The van der Waals surface area contributed by atoms with Crippen LogP contribution in [0.3, 0.4) is 0 Å². The van der Waals surface area contributed by atoms with Gasteiger partial charge in [0.1, 0.15) is 19.2 Å². The number of amides is 1. The van der Waals surface area contributed by atoms with Gasteiger partial charge in [-0.3, -0.25) is 9.48 Å². The molecular formula is C12H16N6O. The van der Waals surface area contributed by atoms with Gasteiger partial charge in [-0.2, -0.15) is 10.2 Å². The maximum absolute atomic E-state index is 11.7. The Hall–Kier alpha value is -2.18. The Morgan fingerprint density at radius 2 is 2.32 bits per heavy atom. The number of hydrogen-bond acceptors (Lipinski definition) is 4. The number of aromatic nitrogens is 5. The van der Waals surface area contributed by atoms with Crippen molar-refractivity contribution < 1.29 is 4.79 Å². The summed E-state index contributed by atoms with van der Waals surface area (Å²) in [5, 5.41) is 11.1. The van der Waals surface area contributed by atoms with E-state index in [0.717, 1.165) is 18.5 Å². The second kappa shape index (κ2) is 5.21. The Morgan fingerprint density at radius 1 is 1.37 bits per heavy atom. The normalized spacial score (nSPS) is 14.1. The van der Waals surface area contributed by atoms with Crippen LogP contribution in [0.4, 0.5) is 0 Å². The number of carbonyl (C=O) groups is 1. The van der Waals surface area contributed by atoms with Crippen molar-refractivity contribution in [3.05, 3.63) is 30.1 Å². The Kier molecular flexibility index (Phi) is 3.26. The maximum atomic E-state index is 11.7. The Balaban J connectivity index is 1.57. The molecule has 0 aliphatic carbocycles. The van der Waals surface area contributed by atoms with Crippen molar-refractivity contribution in [1.29, 1.82) is 0 Å². The largest absolute Gasteiger partial charge is 0.350 e. The lowest BCUT2D eigenvalue weighted by molar-refractivity contribution is -0.122. The first-order chi connectivity index (χ1) is 9.33. The molecule has 1 aliphatic rings. The molecule has 2 aromatic heterocycles. The fraction of sp³-hybridized carbons (Fsp3) is 0.500. The van der Waals surface area contributed by atoms with Crippen molar-refractivity contribution in [2.75, 3.05) is 0 Å². The summed E-state index contributed by atoms with van der Waals surface area (Å²) in [6, 6.07) is 0. The van der Waals surface area contributed by atoms with Crippen LogP contribution >= 0.6 is 0 Å². The Morgan fingerprint density at radius 3 is 3.16 bits per heavy atom. The molecule has 0 bridgehead atoms. The molecule has 0 unspecified atom stereocenters. The summed E-state index contributed by atoms with van der Waals surface area (Å²) >= 11 is 0. The quantitative estimate of drug-likeness (QED) is 0.847. The molecule has 2 aromatic rings. The highest BCUT2D eigenvalue weighted by molar-refractivity contribution is 5.75. The summed E-state index contributed by atoms with van der Waals surface area (Å²) < 4.78 is 3.55. The summed E-state index contributed by atoms with van der Waals surface area (Å²) in [4.78, 5) is 15.5. The number of fused-ring (bicyclic) bond motifs is 1. The number of hydrogen-bond donors (Lipinski definition) is 1. The van der Waals surface area contributed by atoms with Crippen molar-refractivity contribution in [3.63, 3.8) is 0 Å². The van der Waals surface area contributed by atoms with E-state index in [-0.39, 0.29) is 12.5 Å². The van der Waals surface area contributed by atoms with Crippen molar-refractivity contribution in [2.45, 2.75) is 38.9 Å². The van der Waals surface area contributed by atoms with Crippen LogP contribution in [-0.4, -0.2) is 30.5 Å². The van der Waals surface area contributed by atoms with Crippen molar-refractivity contribution >= 4 is 5.91 Å². The molecule has 3 rings (SSSR count). The molecule has 7 heteroatoms. The first kappa shape index (κ1) is 11.9. The molecule has 3 heterocycles. The molecule has 1 aliphatic heterocycles. The van der Waals surface area contributed by atoms with Gasteiger partial charge in [0.25, 0.3) is 0 Å². The van der Waals surface area contributed by atoms with Crippen molar-refractivity contribution in [3.8, 4) is 0 Å². The van der Waals surface area contributed by atoms with E-state index in [9.17, 15) is 4.79 Å². The minimum atomic E-state index is -0.0683. The van der Waals surface area contributed by atoms with E-state index >= 15 is 0 Å². The Bertz CT molecular complexity index is 559. The number of rotatable bonds is 4. The maximum Gasteiger partial charge on any atom is 0.242 e. The fourth-order valence-electron chi connectivity index (χ4n) is 2.34. The first-order valence-corrected chi connectivity index (χ1v) is 6.45. The zero-order valence-corrected chi connectivity index (χ0v) is 10.6. The predicted molar refractivity (Wildman–Crippen MR) is 67.0 cm³/mol. The lowest BCUT2D eigenvalue weighted by Crippen LogP contribution is -2.27. The van der Waals surface area contributed by atoms with Gasteiger partial charge in [0.2, 0.25) is 5.91 Å². The van der Waals surface area contributed by atoms with Gasteiger partial charge in [0.05, 0.1) is 6.20 Å². The lowest BCUT2D eigenvalue weighted by atomic mass is 10.1. The molecule has 19 heavy (non-hydrogen) atoms. The third-order valence-corrected chi connectivity index (χ3v) is 3.32. The van der Waals surface area contributed by atoms with Crippen LogP contribution in [0.1, 0.15) is 24.1 Å². The van der Waals surface area contributed by atoms with E-state index in [2.05, 4.69) is 20.5 Å². The molecule has 0 saturated carbocycles. The van der Waals surface area contributed by atoms with Gasteiger partial charge in [-0.1, -0.05) is 0 Å². The number of nitrogens with zero attached hydrogens (tertiary/aromatic N) is 5. The predicted octanol–water partition coefficient (Wildman–Crippen LogP) is 0.127. The summed E-state index contributed by atoms with van der Waals surface area (Å²) in [7, 11) is 0. The van der Waals surface area contributed by atoms with Gasteiger partial charge >= 0.3 is 0 Å². The van der Waals surface area contributed by atoms with Gasteiger partial charge in [-0.25, -0.2) is 9.67 Å². The van der Waals surface area contributed by atoms with Crippen LogP contribution in [0.5, 0.6) is 0 Å². The van der Waals surface area contributed by atoms with Crippen molar-refractivity contribution in [2.24, 2.45) is 0 Å². The lowest BCUT2D eigenvalue weighted by Gasteiger charge is -2.14. The van der Waals surface area contributed by atoms with E-state index < -0.39 is 0 Å². The molecule has 100 valence electrons. The third kappa shape index (κ3) is 2.64. The molecule has 7 nitrogen and oxygen atoms in total. The smallest absolute Gasteiger partial charge is 0.242 e. The summed E-state index contributed by atoms with van der Waals surface area (Å²) in [6.45, 7) is 1.72. The first-order valence-electron chi connectivity index (χ1n) is 6.45. The molecule has 0 atom stereocenters. The topological polar surface area (TPSA) is 77.6 Å². The highest BCUT2D eigenvalue weighted by Crippen LogP contribution is 2.17. The van der Waals surface area contributed by atoms with Crippen LogP contribution in [0.15, 0.2) is 18.9 Å². The van der Waals surface area contributed by atoms with Gasteiger partial charge < -0.3 is 5.32 Å². The van der Waals surface area contributed by atoms with Gasteiger partial charge in [-0.05, 0) is 19.3 Å². The van der Waals surface area contributed by atoms with Gasteiger partial charge in [0.15, 0.2) is 0 Å². The minimum absolute atomic E-state index is 0.0683. The molecule has 1 amide bonds. The minimum Gasteiger partial charge on any atom is -0.350 e. The molecule has 0 aromatic carbocycles. The molecular weight excluding hydrogens is 244 g/mol. The highest BCUT2D eigenvalue weighted by Gasteiger charge is 2.15. The summed E-state index contributed by atoms with van der Waals surface area (Å²) in [5.74, 6) is -0.0683. The molecule has 0 saturated heterocycles. The van der Waals surface area contributed by atoms with E-state index in [1.165, 1.54) is 35.9 Å². The SMILES string of the molecule is O=C(Cn1cncn1)NCc1cnn2c1CCCC2. The van der Waals surface area contributed by atoms with Gasteiger partial charge in [-0.15, -0.1) is 0 Å². The average molecular weight is 260 g/mol. The monoisotopic (exact) mass is 260 g/mol. The standard InChI is InChI=1S/C12H16N6O/c19-12(7-17-9-13-8-16-17)14-5-10-6-15-18-4-2-1-3-11(10)18/h6,8-9H,1-5,7H2,(H,14,19). The molecule has 0 spiro atoms. The number of carbonyl (C=O) groups excluding carboxylic acids is 1. The fourth-order valence-corrected chi connectivity index (χ4v) is 2.34. The molecule has 0 fully saturated rings. The van der Waals surface area contributed by atoms with Crippen LogP contribution in [0.2, 0.25) is 0 Å². The van der Waals surface area contributed by atoms with Crippen LogP contribution < -0.4 is 5.32 Å². The van der Waals surface area contributed by atoms with Crippen LogP contribution in [-0.2, 0) is 30.8 Å². The number of aryl methyl sites for hydroxylation is 1. The second-order valence-corrected chi connectivity index (χ2v) is 4.67.